The van der Waals surface area contributed by atoms with Gasteiger partial charge in [-0.3, -0.25) is 0 Å². The van der Waals surface area contributed by atoms with E-state index in [2.05, 4.69) is 51.8 Å². The van der Waals surface area contributed by atoms with Crippen molar-refractivity contribution in [3.05, 3.63) is 40.5 Å². The molecule has 0 saturated heterocycles. The number of anilines is 2. The van der Waals surface area contributed by atoms with E-state index in [0.29, 0.717) is 11.6 Å². The largest absolute Gasteiger partial charge is 0.373 e. The molecular formula is C15H15ClN4S. The highest BCUT2D eigenvalue weighted by atomic mass is 35.5. The van der Waals surface area contributed by atoms with E-state index in [1.807, 2.05) is 0 Å². The molecule has 1 atom stereocenters. The second-order valence-electron chi connectivity index (χ2n) is 5.09. The van der Waals surface area contributed by atoms with Crippen LogP contribution in [-0.2, 0) is 6.42 Å². The summed E-state index contributed by atoms with van der Waals surface area (Å²) < 4.78 is 4.00. The second-order valence-corrected chi connectivity index (χ2v) is 6.22. The van der Waals surface area contributed by atoms with Crippen LogP contribution < -0.4 is 10.2 Å². The topological polar surface area (TPSA) is 52.0 Å². The Morgan fingerprint density at radius 1 is 1.52 bits per heavy atom. The number of para-hydroxylation sites is 1. The molecule has 0 amide bonds. The lowest BCUT2D eigenvalue weighted by atomic mass is 10.1. The van der Waals surface area contributed by atoms with E-state index >= 15 is 0 Å². The van der Waals surface area contributed by atoms with Gasteiger partial charge in [-0.05, 0) is 36.5 Å². The minimum Gasteiger partial charge on any atom is -0.373 e. The molecule has 1 aliphatic rings. The fourth-order valence-corrected chi connectivity index (χ4v) is 3.71. The Hall–Kier alpha value is -1.77. The predicted molar refractivity (Wildman–Crippen MR) is 87.3 cm³/mol. The van der Waals surface area contributed by atoms with E-state index in [4.69, 9.17) is 16.9 Å². The molecule has 1 aromatic carbocycles. The third kappa shape index (κ3) is 2.69. The quantitative estimate of drug-likeness (QED) is 0.937. The summed E-state index contributed by atoms with van der Waals surface area (Å²) in [7, 11) is 0. The van der Waals surface area contributed by atoms with Crippen LogP contribution in [0.3, 0.4) is 0 Å². The maximum absolute atomic E-state index is 9.05. The molecule has 0 fully saturated rings. The standard InChI is InChI=1S/C15H15ClN4S/c1-10-8-11-4-2-3-5-13(11)20(10)7-6-18-15-12(9-17)14(16)19-21-15/h2-5,10,18H,6-8H2,1H3. The maximum Gasteiger partial charge on any atom is 0.162 e. The Labute approximate surface area is 133 Å². The Bertz CT molecular complexity index is 691. The first-order valence-corrected chi connectivity index (χ1v) is 7.99. The summed E-state index contributed by atoms with van der Waals surface area (Å²) in [6, 6.07) is 11.1. The van der Waals surface area contributed by atoms with Crippen LogP contribution in [0.25, 0.3) is 0 Å². The van der Waals surface area contributed by atoms with E-state index in [1.54, 1.807) is 0 Å². The van der Waals surface area contributed by atoms with Crippen LogP contribution in [0.1, 0.15) is 18.1 Å². The van der Waals surface area contributed by atoms with Gasteiger partial charge < -0.3 is 10.2 Å². The zero-order valence-electron chi connectivity index (χ0n) is 11.6. The zero-order valence-corrected chi connectivity index (χ0v) is 13.2. The molecular weight excluding hydrogens is 304 g/mol. The van der Waals surface area contributed by atoms with E-state index in [0.717, 1.165) is 24.5 Å². The average Bonchev–Trinajstić information content (AvgIpc) is 2.99. The van der Waals surface area contributed by atoms with Crippen LogP contribution >= 0.6 is 23.1 Å². The molecule has 2 heterocycles. The summed E-state index contributed by atoms with van der Waals surface area (Å²) in [4.78, 5) is 2.40. The predicted octanol–water partition coefficient (Wildman–Crippen LogP) is 3.53. The molecule has 108 valence electrons. The molecule has 0 aliphatic carbocycles. The number of fused-ring (bicyclic) bond motifs is 1. The molecule has 3 rings (SSSR count). The monoisotopic (exact) mass is 318 g/mol. The number of nitrogens with zero attached hydrogens (tertiary/aromatic N) is 3. The molecule has 0 radical (unpaired) electrons. The Morgan fingerprint density at radius 2 is 2.33 bits per heavy atom. The highest BCUT2D eigenvalue weighted by molar-refractivity contribution is 7.10. The number of rotatable bonds is 4. The number of nitriles is 1. The summed E-state index contributed by atoms with van der Waals surface area (Å²) in [5.41, 5.74) is 3.16. The first-order valence-electron chi connectivity index (χ1n) is 6.84. The molecule has 1 aliphatic heterocycles. The molecule has 6 heteroatoms. The van der Waals surface area contributed by atoms with Crippen LogP contribution in [0.5, 0.6) is 0 Å². The van der Waals surface area contributed by atoms with Crippen LogP contribution in [0.15, 0.2) is 24.3 Å². The van der Waals surface area contributed by atoms with Gasteiger partial charge in [0.2, 0.25) is 0 Å². The van der Waals surface area contributed by atoms with Crippen molar-refractivity contribution in [2.75, 3.05) is 23.3 Å². The molecule has 0 bridgehead atoms. The summed E-state index contributed by atoms with van der Waals surface area (Å²) in [5, 5.41) is 13.4. The van der Waals surface area contributed by atoms with E-state index in [9.17, 15) is 0 Å². The Balaban J connectivity index is 1.65. The van der Waals surface area contributed by atoms with Crippen molar-refractivity contribution in [2.45, 2.75) is 19.4 Å². The van der Waals surface area contributed by atoms with Gasteiger partial charge in [0, 0.05) is 24.8 Å². The van der Waals surface area contributed by atoms with Crippen molar-refractivity contribution in [2.24, 2.45) is 0 Å². The zero-order chi connectivity index (χ0) is 14.8. The number of hydrogen-bond donors (Lipinski definition) is 1. The van der Waals surface area contributed by atoms with Gasteiger partial charge in [0.25, 0.3) is 0 Å². The summed E-state index contributed by atoms with van der Waals surface area (Å²) in [6.45, 7) is 3.88. The molecule has 0 spiro atoms. The molecule has 4 nitrogen and oxygen atoms in total. The lowest BCUT2D eigenvalue weighted by molar-refractivity contribution is 0.681. The SMILES string of the molecule is CC1Cc2ccccc2N1CCNc1snc(Cl)c1C#N. The molecule has 1 N–H and O–H groups in total. The minimum atomic E-state index is 0.282. The molecule has 21 heavy (non-hydrogen) atoms. The van der Waals surface area contributed by atoms with Crippen LogP contribution in [0.2, 0.25) is 5.15 Å². The van der Waals surface area contributed by atoms with Crippen molar-refractivity contribution < 1.29 is 0 Å². The van der Waals surface area contributed by atoms with E-state index < -0.39 is 0 Å². The molecule has 1 unspecified atom stereocenters. The van der Waals surface area contributed by atoms with Gasteiger partial charge in [-0.15, -0.1) is 0 Å². The fraction of sp³-hybridized carbons (Fsp3) is 0.333. The van der Waals surface area contributed by atoms with E-state index in [1.165, 1.54) is 22.8 Å². The van der Waals surface area contributed by atoms with Crippen molar-refractivity contribution in [1.29, 1.82) is 5.26 Å². The Kier molecular flexibility index (Phi) is 4.00. The van der Waals surface area contributed by atoms with Crippen molar-refractivity contribution >= 4 is 33.8 Å². The normalized spacial score (nSPS) is 16.6. The van der Waals surface area contributed by atoms with Gasteiger partial charge in [0.05, 0.1) is 0 Å². The third-order valence-corrected chi connectivity index (χ3v) is 4.93. The number of hydrogen-bond acceptors (Lipinski definition) is 5. The highest BCUT2D eigenvalue weighted by Crippen LogP contribution is 2.32. The van der Waals surface area contributed by atoms with E-state index in [-0.39, 0.29) is 5.15 Å². The van der Waals surface area contributed by atoms with Crippen LogP contribution in [0.4, 0.5) is 10.7 Å². The van der Waals surface area contributed by atoms with Crippen LogP contribution in [0, 0.1) is 11.3 Å². The lowest BCUT2D eigenvalue weighted by Crippen LogP contribution is -2.33. The third-order valence-electron chi connectivity index (χ3n) is 3.75. The lowest BCUT2D eigenvalue weighted by Gasteiger charge is -2.25. The van der Waals surface area contributed by atoms with Crippen molar-refractivity contribution in [1.82, 2.24) is 4.37 Å². The summed E-state index contributed by atoms with van der Waals surface area (Å²) in [5.74, 6) is 0. The molecule has 2 aromatic rings. The van der Waals surface area contributed by atoms with Crippen molar-refractivity contribution in [3.63, 3.8) is 0 Å². The number of aromatic nitrogens is 1. The molecule has 1 aromatic heterocycles. The van der Waals surface area contributed by atoms with Gasteiger partial charge in [0.1, 0.15) is 16.6 Å². The summed E-state index contributed by atoms with van der Waals surface area (Å²) >= 11 is 7.10. The number of halogens is 1. The minimum absolute atomic E-state index is 0.282. The second kappa shape index (κ2) is 5.92. The Morgan fingerprint density at radius 3 is 3.14 bits per heavy atom. The average molecular weight is 319 g/mol. The van der Waals surface area contributed by atoms with Crippen molar-refractivity contribution in [3.8, 4) is 6.07 Å². The van der Waals surface area contributed by atoms with Gasteiger partial charge >= 0.3 is 0 Å². The first-order chi connectivity index (χ1) is 10.2. The number of nitrogens with one attached hydrogen (secondary N) is 1. The van der Waals surface area contributed by atoms with Gasteiger partial charge in [-0.2, -0.15) is 9.64 Å². The first kappa shape index (κ1) is 14.2. The van der Waals surface area contributed by atoms with Gasteiger partial charge in [-0.25, -0.2) is 0 Å². The van der Waals surface area contributed by atoms with Gasteiger partial charge in [0.15, 0.2) is 5.15 Å². The fourth-order valence-electron chi connectivity index (χ4n) is 2.75. The highest BCUT2D eigenvalue weighted by Gasteiger charge is 2.24. The smallest absolute Gasteiger partial charge is 0.162 e. The van der Waals surface area contributed by atoms with Crippen LogP contribution in [-0.4, -0.2) is 23.5 Å². The van der Waals surface area contributed by atoms with Gasteiger partial charge in [-0.1, -0.05) is 29.8 Å². The molecule has 0 saturated carbocycles. The summed E-state index contributed by atoms with van der Waals surface area (Å²) in [6.07, 6.45) is 1.09. The number of benzene rings is 1. The maximum atomic E-state index is 9.05.